The zero-order valence-electron chi connectivity index (χ0n) is 17.3. The summed E-state index contributed by atoms with van der Waals surface area (Å²) in [4.78, 5) is 36.4. The van der Waals surface area contributed by atoms with E-state index < -0.39 is 11.9 Å². The van der Waals surface area contributed by atoms with E-state index >= 15 is 0 Å². The number of benzene rings is 2. The number of ether oxygens (including phenoxy) is 2. The number of amides is 2. The molecule has 158 valence electrons. The van der Waals surface area contributed by atoms with E-state index in [4.69, 9.17) is 9.47 Å². The summed E-state index contributed by atoms with van der Waals surface area (Å²) in [6.07, 6.45) is 3.79. The summed E-state index contributed by atoms with van der Waals surface area (Å²) in [6, 6.07) is 13.7. The van der Waals surface area contributed by atoms with Crippen LogP contribution < -0.4 is 15.4 Å². The Labute approximate surface area is 176 Å². The van der Waals surface area contributed by atoms with Crippen LogP contribution >= 0.6 is 0 Å². The molecule has 7 nitrogen and oxygen atoms in total. The molecule has 2 N–H and O–H groups in total. The van der Waals surface area contributed by atoms with E-state index in [1.165, 1.54) is 12.1 Å². The van der Waals surface area contributed by atoms with Gasteiger partial charge in [0.15, 0.2) is 6.61 Å². The van der Waals surface area contributed by atoms with Crippen molar-refractivity contribution in [2.75, 3.05) is 19.0 Å². The number of para-hydroxylation sites is 1. The smallest absolute Gasteiger partial charge is 0.340 e. The van der Waals surface area contributed by atoms with E-state index in [-0.39, 0.29) is 24.1 Å². The minimum atomic E-state index is -0.690. The van der Waals surface area contributed by atoms with Gasteiger partial charge in [0.1, 0.15) is 5.75 Å². The molecule has 2 amide bonds. The molecule has 0 bridgehead atoms. The Bertz CT molecular complexity index is 906. The first-order chi connectivity index (χ1) is 14.4. The Balaban J connectivity index is 1.98. The van der Waals surface area contributed by atoms with Crippen LogP contribution in [0.4, 0.5) is 5.69 Å². The van der Waals surface area contributed by atoms with Crippen LogP contribution in [0.1, 0.15) is 36.2 Å². The number of carbonyl (C=O) groups is 3. The Morgan fingerprint density at radius 3 is 2.43 bits per heavy atom. The Kier molecular flexibility index (Phi) is 8.62. The van der Waals surface area contributed by atoms with E-state index in [0.29, 0.717) is 5.69 Å². The molecule has 0 fully saturated rings. The number of carbonyl (C=O) groups excluding carboxylic acids is 3. The monoisotopic (exact) mass is 410 g/mol. The molecule has 0 saturated carbocycles. The van der Waals surface area contributed by atoms with Crippen molar-refractivity contribution in [2.24, 2.45) is 0 Å². The molecule has 0 aliphatic carbocycles. The van der Waals surface area contributed by atoms with Crippen molar-refractivity contribution in [3.8, 4) is 5.75 Å². The molecular weight excluding hydrogens is 384 g/mol. The van der Waals surface area contributed by atoms with Crippen molar-refractivity contribution >= 4 is 29.5 Å². The van der Waals surface area contributed by atoms with Gasteiger partial charge in [0.25, 0.3) is 5.91 Å². The van der Waals surface area contributed by atoms with Gasteiger partial charge in [-0.25, -0.2) is 4.79 Å². The van der Waals surface area contributed by atoms with Crippen molar-refractivity contribution in [1.29, 1.82) is 0 Å². The number of esters is 1. The summed E-state index contributed by atoms with van der Waals surface area (Å²) in [6.45, 7) is 3.42. The largest absolute Gasteiger partial charge is 0.497 e. The molecule has 0 saturated heterocycles. The molecule has 0 spiro atoms. The molecule has 2 aromatic rings. The van der Waals surface area contributed by atoms with Crippen LogP contribution in [-0.4, -0.2) is 37.5 Å². The maximum atomic E-state index is 12.4. The summed E-state index contributed by atoms with van der Waals surface area (Å²) >= 11 is 0. The first kappa shape index (κ1) is 22.7. The van der Waals surface area contributed by atoms with Crippen LogP contribution in [0.15, 0.2) is 54.6 Å². The molecule has 2 rings (SSSR count). The number of methoxy groups -OCH3 is 1. The average molecular weight is 410 g/mol. The number of hydrogen-bond acceptors (Lipinski definition) is 5. The topological polar surface area (TPSA) is 93.7 Å². The molecule has 0 heterocycles. The molecule has 30 heavy (non-hydrogen) atoms. The lowest BCUT2D eigenvalue weighted by atomic mass is 10.1. The highest BCUT2D eigenvalue weighted by Gasteiger charge is 2.15. The highest BCUT2D eigenvalue weighted by Crippen LogP contribution is 2.17. The fourth-order valence-corrected chi connectivity index (χ4v) is 2.46. The fraction of sp³-hybridized carbons (Fsp3) is 0.261. The zero-order chi connectivity index (χ0) is 21.9. The average Bonchev–Trinajstić information content (AvgIpc) is 2.76. The van der Waals surface area contributed by atoms with Gasteiger partial charge in [0, 0.05) is 12.1 Å². The fourth-order valence-electron chi connectivity index (χ4n) is 2.46. The molecular formula is C23H26N2O5. The highest BCUT2D eigenvalue weighted by atomic mass is 16.5. The standard InChI is InChI=1S/C23H26N2O5/c1-4-16(2)24-22(27)15-30-23(28)19-7-5-6-8-20(19)25-21(26)14-11-17-9-12-18(29-3)13-10-17/h5-14,16H,4,15H2,1-3H3,(H,24,27)(H,25,26)/b14-11+/t16-/m0/s1. The van der Waals surface area contributed by atoms with E-state index in [2.05, 4.69) is 10.6 Å². The third kappa shape index (κ3) is 7.09. The zero-order valence-corrected chi connectivity index (χ0v) is 17.3. The molecule has 0 aromatic heterocycles. The van der Waals surface area contributed by atoms with Crippen LogP contribution in [0.5, 0.6) is 5.75 Å². The second-order valence-corrected chi connectivity index (χ2v) is 6.59. The number of hydrogen-bond donors (Lipinski definition) is 2. The summed E-state index contributed by atoms with van der Waals surface area (Å²) in [5.41, 5.74) is 1.29. The van der Waals surface area contributed by atoms with E-state index in [1.807, 2.05) is 26.0 Å². The Morgan fingerprint density at radius 1 is 1.07 bits per heavy atom. The predicted molar refractivity (Wildman–Crippen MR) is 115 cm³/mol. The van der Waals surface area contributed by atoms with Crippen LogP contribution in [-0.2, 0) is 14.3 Å². The van der Waals surface area contributed by atoms with Gasteiger partial charge in [-0.05, 0) is 49.2 Å². The van der Waals surface area contributed by atoms with Gasteiger partial charge in [-0.3, -0.25) is 9.59 Å². The quantitative estimate of drug-likeness (QED) is 0.488. The lowest BCUT2D eigenvalue weighted by Crippen LogP contribution is -2.35. The van der Waals surface area contributed by atoms with Crippen molar-refractivity contribution in [3.63, 3.8) is 0 Å². The summed E-state index contributed by atoms with van der Waals surface area (Å²) < 4.78 is 10.2. The van der Waals surface area contributed by atoms with E-state index in [9.17, 15) is 14.4 Å². The van der Waals surface area contributed by atoms with Gasteiger partial charge in [-0.1, -0.05) is 31.2 Å². The highest BCUT2D eigenvalue weighted by molar-refractivity contribution is 6.06. The maximum Gasteiger partial charge on any atom is 0.340 e. The number of rotatable bonds is 9. The van der Waals surface area contributed by atoms with Crippen LogP contribution in [0, 0.1) is 0 Å². The summed E-state index contributed by atoms with van der Waals surface area (Å²) in [5, 5.41) is 5.38. The lowest BCUT2D eigenvalue weighted by molar-refractivity contribution is -0.124. The molecule has 7 heteroatoms. The van der Waals surface area contributed by atoms with Gasteiger partial charge >= 0.3 is 5.97 Å². The minimum Gasteiger partial charge on any atom is -0.497 e. The van der Waals surface area contributed by atoms with Gasteiger partial charge in [-0.15, -0.1) is 0 Å². The Hall–Kier alpha value is -3.61. The van der Waals surface area contributed by atoms with Gasteiger partial charge < -0.3 is 20.1 Å². The van der Waals surface area contributed by atoms with Crippen LogP contribution in [0.3, 0.4) is 0 Å². The maximum absolute atomic E-state index is 12.4. The third-order valence-corrected chi connectivity index (χ3v) is 4.30. The van der Waals surface area contributed by atoms with Crippen molar-refractivity contribution in [3.05, 3.63) is 65.7 Å². The Morgan fingerprint density at radius 2 is 1.77 bits per heavy atom. The lowest BCUT2D eigenvalue weighted by Gasteiger charge is -2.12. The van der Waals surface area contributed by atoms with Gasteiger partial charge in [-0.2, -0.15) is 0 Å². The van der Waals surface area contributed by atoms with Crippen LogP contribution in [0.25, 0.3) is 6.08 Å². The van der Waals surface area contributed by atoms with E-state index in [0.717, 1.165) is 17.7 Å². The van der Waals surface area contributed by atoms with Crippen molar-refractivity contribution in [1.82, 2.24) is 5.32 Å². The summed E-state index contributed by atoms with van der Waals surface area (Å²) in [5.74, 6) is -0.742. The normalized spacial score (nSPS) is 11.6. The second kappa shape index (κ2) is 11.4. The molecule has 0 aliphatic heterocycles. The summed E-state index contributed by atoms with van der Waals surface area (Å²) in [7, 11) is 1.58. The van der Waals surface area contributed by atoms with Crippen LogP contribution in [0.2, 0.25) is 0 Å². The number of anilines is 1. The molecule has 0 aliphatic rings. The predicted octanol–water partition coefficient (Wildman–Crippen LogP) is 3.42. The SMILES string of the molecule is CC[C@H](C)NC(=O)COC(=O)c1ccccc1NC(=O)/C=C/c1ccc(OC)cc1. The first-order valence-electron chi connectivity index (χ1n) is 9.61. The minimum absolute atomic E-state index is 0.000246. The molecule has 0 radical (unpaired) electrons. The molecule has 1 atom stereocenters. The first-order valence-corrected chi connectivity index (χ1v) is 9.61. The molecule has 2 aromatic carbocycles. The van der Waals surface area contributed by atoms with Crippen molar-refractivity contribution < 1.29 is 23.9 Å². The second-order valence-electron chi connectivity index (χ2n) is 6.59. The van der Waals surface area contributed by atoms with Gasteiger partial charge in [0.2, 0.25) is 5.91 Å². The van der Waals surface area contributed by atoms with E-state index in [1.54, 1.807) is 43.5 Å². The number of nitrogens with one attached hydrogen (secondary N) is 2. The molecule has 0 unspecified atom stereocenters. The van der Waals surface area contributed by atoms with Crippen molar-refractivity contribution in [2.45, 2.75) is 26.3 Å². The third-order valence-electron chi connectivity index (χ3n) is 4.30. The van der Waals surface area contributed by atoms with Gasteiger partial charge in [0.05, 0.1) is 18.4 Å².